The van der Waals surface area contributed by atoms with E-state index in [4.69, 9.17) is 0 Å². The molecule has 1 amide bonds. The zero-order valence-electron chi connectivity index (χ0n) is 12.1. The highest BCUT2D eigenvalue weighted by Crippen LogP contribution is 2.36. The summed E-state index contributed by atoms with van der Waals surface area (Å²) in [5.41, 5.74) is 2.58. The van der Waals surface area contributed by atoms with Gasteiger partial charge in [0.2, 0.25) is 0 Å². The Morgan fingerprint density at radius 2 is 2.00 bits per heavy atom. The molecule has 0 atom stereocenters. The Labute approximate surface area is 128 Å². The molecule has 21 heavy (non-hydrogen) atoms. The normalized spacial score (nSPS) is 10.6. The molecule has 0 N–H and O–H groups in total. The third-order valence-corrected chi connectivity index (χ3v) is 4.10. The van der Waals surface area contributed by atoms with E-state index in [1.165, 1.54) is 17.7 Å². The lowest BCUT2D eigenvalue weighted by molar-refractivity contribution is 0.101. The number of hydrogen-bond donors (Lipinski definition) is 0. The summed E-state index contributed by atoms with van der Waals surface area (Å²) >= 11 is 1.20. The standard InChI is InChI=1S/C16H15N3OS/c1-11-14(12-7-5-4-6-8-12)13(9-17)21-15(11)16(20)18-10-19(2)3/h4-8,10H,1-3H3. The Morgan fingerprint density at radius 3 is 2.57 bits per heavy atom. The zero-order chi connectivity index (χ0) is 15.4. The van der Waals surface area contributed by atoms with E-state index in [-0.39, 0.29) is 5.91 Å². The van der Waals surface area contributed by atoms with E-state index in [9.17, 15) is 10.1 Å². The summed E-state index contributed by atoms with van der Waals surface area (Å²) in [4.78, 5) is 18.8. The van der Waals surface area contributed by atoms with Crippen LogP contribution in [0.4, 0.5) is 0 Å². The van der Waals surface area contributed by atoms with Crippen molar-refractivity contribution in [3.8, 4) is 17.2 Å². The number of aliphatic imine (C=N–C) groups is 1. The smallest absolute Gasteiger partial charge is 0.288 e. The van der Waals surface area contributed by atoms with Crippen LogP contribution in [0.1, 0.15) is 20.1 Å². The minimum Gasteiger partial charge on any atom is -0.369 e. The van der Waals surface area contributed by atoms with Crippen LogP contribution in [0.25, 0.3) is 11.1 Å². The molecule has 0 radical (unpaired) electrons. The summed E-state index contributed by atoms with van der Waals surface area (Å²) in [6.45, 7) is 1.86. The first-order valence-electron chi connectivity index (χ1n) is 6.38. The second-order valence-corrected chi connectivity index (χ2v) is 5.77. The molecule has 0 fully saturated rings. The second-order valence-electron chi connectivity index (χ2n) is 4.75. The van der Waals surface area contributed by atoms with Crippen molar-refractivity contribution in [1.29, 1.82) is 5.26 Å². The number of amides is 1. The topological polar surface area (TPSA) is 56.5 Å². The molecule has 0 bridgehead atoms. The average Bonchev–Trinajstić information content (AvgIpc) is 2.82. The summed E-state index contributed by atoms with van der Waals surface area (Å²) in [6, 6.07) is 11.8. The minimum absolute atomic E-state index is 0.315. The van der Waals surface area contributed by atoms with Crippen molar-refractivity contribution in [1.82, 2.24) is 4.90 Å². The van der Waals surface area contributed by atoms with Gasteiger partial charge in [0.25, 0.3) is 5.91 Å². The Hall–Kier alpha value is -2.45. The predicted octanol–water partition coefficient (Wildman–Crippen LogP) is 3.33. The molecule has 0 aliphatic rings. The first-order valence-corrected chi connectivity index (χ1v) is 7.20. The molecular weight excluding hydrogens is 282 g/mol. The van der Waals surface area contributed by atoms with Crippen LogP contribution in [0.15, 0.2) is 35.3 Å². The molecule has 0 saturated carbocycles. The van der Waals surface area contributed by atoms with Gasteiger partial charge in [-0.2, -0.15) is 10.3 Å². The molecule has 0 saturated heterocycles. The van der Waals surface area contributed by atoms with Crippen LogP contribution in [0.3, 0.4) is 0 Å². The number of rotatable bonds is 3. The Kier molecular flexibility index (Phi) is 4.51. The van der Waals surface area contributed by atoms with Crippen molar-refractivity contribution in [2.24, 2.45) is 4.99 Å². The maximum Gasteiger partial charge on any atom is 0.288 e. The van der Waals surface area contributed by atoms with Crippen molar-refractivity contribution in [3.05, 3.63) is 45.6 Å². The monoisotopic (exact) mass is 297 g/mol. The van der Waals surface area contributed by atoms with Gasteiger partial charge in [-0.15, -0.1) is 11.3 Å². The third-order valence-electron chi connectivity index (χ3n) is 2.91. The second kappa shape index (κ2) is 6.33. The van der Waals surface area contributed by atoms with Crippen LogP contribution in [-0.4, -0.2) is 31.2 Å². The molecule has 1 aromatic heterocycles. The number of carbonyl (C=O) groups excluding carboxylic acids is 1. The van der Waals surface area contributed by atoms with Crippen LogP contribution in [0.5, 0.6) is 0 Å². The fourth-order valence-electron chi connectivity index (χ4n) is 1.98. The number of nitrogens with zero attached hydrogens (tertiary/aromatic N) is 3. The average molecular weight is 297 g/mol. The van der Waals surface area contributed by atoms with E-state index in [2.05, 4.69) is 11.1 Å². The SMILES string of the molecule is Cc1c(C(=O)N=CN(C)C)sc(C#N)c1-c1ccccc1. The highest BCUT2D eigenvalue weighted by Gasteiger charge is 2.20. The van der Waals surface area contributed by atoms with Crippen LogP contribution in [0, 0.1) is 18.3 Å². The van der Waals surface area contributed by atoms with E-state index in [0.29, 0.717) is 9.75 Å². The summed E-state index contributed by atoms with van der Waals surface area (Å²) in [5, 5.41) is 9.32. The number of nitriles is 1. The lowest BCUT2D eigenvalue weighted by Gasteiger charge is -2.02. The van der Waals surface area contributed by atoms with Gasteiger partial charge >= 0.3 is 0 Å². The van der Waals surface area contributed by atoms with E-state index in [1.54, 1.807) is 19.0 Å². The van der Waals surface area contributed by atoms with Crippen LogP contribution in [-0.2, 0) is 0 Å². The van der Waals surface area contributed by atoms with Crippen LogP contribution >= 0.6 is 11.3 Å². The Bertz CT molecular complexity index is 724. The molecule has 106 valence electrons. The van der Waals surface area contributed by atoms with E-state index in [0.717, 1.165) is 16.7 Å². The number of hydrogen-bond acceptors (Lipinski definition) is 3. The molecule has 0 spiro atoms. The number of carbonyl (C=O) groups is 1. The number of thiophene rings is 1. The zero-order valence-corrected chi connectivity index (χ0v) is 12.9. The molecule has 0 aliphatic carbocycles. The molecule has 1 heterocycles. The summed E-state index contributed by atoms with van der Waals surface area (Å²) in [5.74, 6) is -0.315. The van der Waals surface area contributed by atoms with Gasteiger partial charge in [0.15, 0.2) is 0 Å². The molecule has 5 heteroatoms. The van der Waals surface area contributed by atoms with Crippen LogP contribution in [0.2, 0.25) is 0 Å². The fourth-order valence-corrected chi connectivity index (χ4v) is 2.99. The lowest BCUT2D eigenvalue weighted by atomic mass is 10.0. The van der Waals surface area contributed by atoms with E-state index < -0.39 is 0 Å². The van der Waals surface area contributed by atoms with Gasteiger partial charge in [0.1, 0.15) is 10.9 Å². The van der Waals surface area contributed by atoms with Gasteiger partial charge in [-0.1, -0.05) is 30.3 Å². The molecule has 1 aromatic carbocycles. The van der Waals surface area contributed by atoms with Gasteiger partial charge in [0.05, 0.1) is 11.2 Å². The minimum atomic E-state index is -0.315. The molecule has 0 unspecified atom stereocenters. The van der Waals surface area contributed by atoms with Crippen molar-refractivity contribution in [3.63, 3.8) is 0 Å². The quantitative estimate of drug-likeness (QED) is 0.645. The van der Waals surface area contributed by atoms with Crippen molar-refractivity contribution in [2.45, 2.75) is 6.92 Å². The maximum absolute atomic E-state index is 12.2. The molecule has 4 nitrogen and oxygen atoms in total. The third kappa shape index (κ3) is 3.18. The Balaban J connectivity index is 2.51. The molecule has 2 rings (SSSR count). The largest absolute Gasteiger partial charge is 0.369 e. The van der Waals surface area contributed by atoms with Crippen molar-refractivity contribution in [2.75, 3.05) is 14.1 Å². The maximum atomic E-state index is 12.2. The van der Waals surface area contributed by atoms with Gasteiger partial charge in [0, 0.05) is 19.7 Å². The van der Waals surface area contributed by atoms with Gasteiger partial charge in [-0.3, -0.25) is 4.79 Å². The predicted molar refractivity (Wildman–Crippen MR) is 85.7 cm³/mol. The molecular formula is C16H15N3OS. The van der Waals surface area contributed by atoms with Gasteiger partial charge in [-0.05, 0) is 18.1 Å². The summed E-state index contributed by atoms with van der Waals surface area (Å²) < 4.78 is 0. The summed E-state index contributed by atoms with van der Waals surface area (Å²) in [7, 11) is 3.60. The fraction of sp³-hybridized carbons (Fsp3) is 0.188. The van der Waals surface area contributed by atoms with Crippen LogP contribution < -0.4 is 0 Å². The molecule has 2 aromatic rings. The Morgan fingerprint density at radius 1 is 1.33 bits per heavy atom. The molecule has 0 aliphatic heterocycles. The van der Waals surface area contributed by atoms with Crippen molar-refractivity contribution < 1.29 is 4.79 Å². The van der Waals surface area contributed by atoms with Gasteiger partial charge in [-0.25, -0.2) is 0 Å². The number of benzene rings is 1. The first-order chi connectivity index (χ1) is 10.0. The van der Waals surface area contributed by atoms with E-state index in [1.807, 2.05) is 37.3 Å². The highest BCUT2D eigenvalue weighted by molar-refractivity contribution is 7.15. The van der Waals surface area contributed by atoms with E-state index >= 15 is 0 Å². The lowest BCUT2D eigenvalue weighted by Crippen LogP contribution is -2.09. The van der Waals surface area contributed by atoms with Gasteiger partial charge < -0.3 is 4.90 Å². The van der Waals surface area contributed by atoms with Crippen molar-refractivity contribution >= 4 is 23.6 Å². The summed E-state index contributed by atoms with van der Waals surface area (Å²) in [6.07, 6.45) is 1.47. The highest BCUT2D eigenvalue weighted by atomic mass is 32.1. The first kappa shape index (κ1) is 14.9.